The van der Waals surface area contributed by atoms with Gasteiger partial charge in [0, 0.05) is 24.0 Å². The van der Waals surface area contributed by atoms with Crippen molar-refractivity contribution >= 4 is 17.5 Å². The second-order valence-corrected chi connectivity index (χ2v) is 5.78. The normalized spacial score (nSPS) is 10.5. The molecular weight excluding hydrogens is 272 g/mol. The van der Waals surface area contributed by atoms with Crippen LogP contribution >= 0.6 is 0 Å². The standard InChI is InChI=1S/C18H26N4/c1-5-6-7-10-19-17-12-15(4)20-18(22-17)21-16-9-8-13(2)14(3)11-16/h8-9,11-12H,5-7,10H2,1-4H3,(H2,19,20,21,22). The number of hydrogen-bond acceptors (Lipinski definition) is 4. The molecule has 2 aromatic rings. The Balaban J connectivity index is 2.06. The van der Waals surface area contributed by atoms with Crippen LogP contribution in [0.5, 0.6) is 0 Å². The van der Waals surface area contributed by atoms with Crippen LogP contribution in [0.3, 0.4) is 0 Å². The lowest BCUT2D eigenvalue weighted by Gasteiger charge is -2.11. The molecule has 1 heterocycles. The Morgan fingerprint density at radius 3 is 2.50 bits per heavy atom. The van der Waals surface area contributed by atoms with Gasteiger partial charge in [-0.2, -0.15) is 4.98 Å². The second-order valence-electron chi connectivity index (χ2n) is 5.78. The van der Waals surface area contributed by atoms with E-state index in [-0.39, 0.29) is 0 Å². The predicted molar refractivity (Wildman–Crippen MR) is 94.0 cm³/mol. The fourth-order valence-corrected chi connectivity index (χ4v) is 2.25. The third kappa shape index (κ3) is 4.72. The van der Waals surface area contributed by atoms with Crippen molar-refractivity contribution in [3.05, 3.63) is 41.1 Å². The number of benzene rings is 1. The van der Waals surface area contributed by atoms with Gasteiger partial charge in [0.05, 0.1) is 0 Å². The Morgan fingerprint density at radius 1 is 0.955 bits per heavy atom. The third-order valence-corrected chi connectivity index (χ3v) is 3.70. The summed E-state index contributed by atoms with van der Waals surface area (Å²) in [6.07, 6.45) is 3.63. The number of rotatable bonds is 7. The summed E-state index contributed by atoms with van der Waals surface area (Å²) < 4.78 is 0. The molecule has 0 saturated carbocycles. The Kier molecular flexibility index (Phi) is 5.75. The highest BCUT2D eigenvalue weighted by Gasteiger charge is 2.03. The van der Waals surface area contributed by atoms with Gasteiger partial charge in [-0.1, -0.05) is 25.8 Å². The van der Waals surface area contributed by atoms with Crippen LogP contribution in [0, 0.1) is 20.8 Å². The molecule has 4 nitrogen and oxygen atoms in total. The minimum absolute atomic E-state index is 0.640. The van der Waals surface area contributed by atoms with Gasteiger partial charge in [-0.25, -0.2) is 4.98 Å². The van der Waals surface area contributed by atoms with Crippen molar-refractivity contribution in [1.29, 1.82) is 0 Å². The molecule has 2 N–H and O–H groups in total. The van der Waals surface area contributed by atoms with Gasteiger partial charge in [-0.3, -0.25) is 0 Å². The summed E-state index contributed by atoms with van der Waals surface area (Å²) >= 11 is 0. The molecule has 0 aliphatic rings. The fraction of sp³-hybridized carbons (Fsp3) is 0.444. The summed E-state index contributed by atoms with van der Waals surface area (Å²) in [6.45, 7) is 9.37. The number of aromatic nitrogens is 2. The molecule has 0 unspecified atom stereocenters. The molecule has 0 aliphatic heterocycles. The first-order valence-electron chi connectivity index (χ1n) is 8.02. The van der Waals surface area contributed by atoms with Crippen molar-refractivity contribution < 1.29 is 0 Å². The SMILES string of the molecule is CCCCCNc1cc(C)nc(Nc2ccc(C)c(C)c2)n1. The van der Waals surface area contributed by atoms with Gasteiger partial charge in [0.25, 0.3) is 0 Å². The highest BCUT2D eigenvalue weighted by molar-refractivity contribution is 5.57. The molecule has 118 valence electrons. The summed E-state index contributed by atoms with van der Waals surface area (Å²) in [7, 11) is 0. The molecular formula is C18H26N4. The lowest BCUT2D eigenvalue weighted by atomic mass is 10.1. The highest BCUT2D eigenvalue weighted by Crippen LogP contribution is 2.19. The van der Waals surface area contributed by atoms with Crippen molar-refractivity contribution in [2.24, 2.45) is 0 Å². The van der Waals surface area contributed by atoms with E-state index in [9.17, 15) is 0 Å². The zero-order chi connectivity index (χ0) is 15.9. The molecule has 22 heavy (non-hydrogen) atoms. The van der Waals surface area contributed by atoms with Crippen LogP contribution in [0.2, 0.25) is 0 Å². The van der Waals surface area contributed by atoms with E-state index in [1.165, 1.54) is 30.4 Å². The van der Waals surface area contributed by atoms with E-state index < -0.39 is 0 Å². The molecule has 1 aromatic heterocycles. The number of unbranched alkanes of at least 4 members (excludes halogenated alkanes) is 2. The van der Waals surface area contributed by atoms with E-state index in [2.05, 4.69) is 59.6 Å². The van der Waals surface area contributed by atoms with Crippen molar-refractivity contribution in [2.75, 3.05) is 17.2 Å². The average molecular weight is 298 g/mol. The van der Waals surface area contributed by atoms with E-state index in [1.54, 1.807) is 0 Å². The van der Waals surface area contributed by atoms with Crippen LogP contribution in [-0.2, 0) is 0 Å². The molecule has 2 rings (SSSR count). The maximum atomic E-state index is 4.55. The number of hydrogen-bond donors (Lipinski definition) is 2. The molecule has 0 spiro atoms. The van der Waals surface area contributed by atoms with E-state index in [0.29, 0.717) is 5.95 Å². The summed E-state index contributed by atoms with van der Waals surface area (Å²) in [6, 6.07) is 8.27. The van der Waals surface area contributed by atoms with Crippen LogP contribution in [0.25, 0.3) is 0 Å². The molecule has 0 saturated heterocycles. The number of nitrogens with one attached hydrogen (secondary N) is 2. The molecule has 0 radical (unpaired) electrons. The second kappa shape index (κ2) is 7.78. The Hall–Kier alpha value is -2.10. The molecule has 0 amide bonds. The van der Waals surface area contributed by atoms with Crippen molar-refractivity contribution in [1.82, 2.24) is 9.97 Å². The maximum absolute atomic E-state index is 4.55. The van der Waals surface area contributed by atoms with Crippen LogP contribution in [-0.4, -0.2) is 16.5 Å². The first-order valence-corrected chi connectivity index (χ1v) is 8.02. The van der Waals surface area contributed by atoms with Gasteiger partial charge in [0.15, 0.2) is 0 Å². The van der Waals surface area contributed by atoms with Gasteiger partial charge in [-0.05, 0) is 50.5 Å². The first kappa shape index (κ1) is 16.3. The molecule has 1 aromatic carbocycles. The van der Waals surface area contributed by atoms with Gasteiger partial charge >= 0.3 is 0 Å². The van der Waals surface area contributed by atoms with Crippen LogP contribution in [0.1, 0.15) is 43.0 Å². The Labute approximate surface area is 133 Å². The lowest BCUT2D eigenvalue weighted by molar-refractivity contribution is 0.742. The number of aryl methyl sites for hydroxylation is 3. The highest BCUT2D eigenvalue weighted by atomic mass is 15.1. The number of anilines is 3. The van der Waals surface area contributed by atoms with Crippen molar-refractivity contribution in [2.45, 2.75) is 47.0 Å². The van der Waals surface area contributed by atoms with Gasteiger partial charge in [-0.15, -0.1) is 0 Å². The molecule has 0 atom stereocenters. The Bertz CT molecular complexity index is 622. The predicted octanol–water partition coefficient (Wildman–Crippen LogP) is 4.75. The lowest BCUT2D eigenvalue weighted by Crippen LogP contribution is -2.06. The van der Waals surface area contributed by atoms with Gasteiger partial charge in [0.2, 0.25) is 5.95 Å². The van der Waals surface area contributed by atoms with Crippen LogP contribution in [0.4, 0.5) is 17.5 Å². The topological polar surface area (TPSA) is 49.8 Å². The molecule has 0 fully saturated rings. The fourth-order valence-electron chi connectivity index (χ4n) is 2.25. The zero-order valence-corrected chi connectivity index (χ0v) is 14.0. The minimum Gasteiger partial charge on any atom is -0.370 e. The molecule has 4 heteroatoms. The van der Waals surface area contributed by atoms with Crippen molar-refractivity contribution in [3.63, 3.8) is 0 Å². The minimum atomic E-state index is 0.640. The quantitative estimate of drug-likeness (QED) is 0.724. The van der Waals surface area contributed by atoms with E-state index in [1.807, 2.05) is 13.0 Å². The Morgan fingerprint density at radius 2 is 1.77 bits per heavy atom. The van der Waals surface area contributed by atoms with Crippen LogP contribution < -0.4 is 10.6 Å². The first-order chi connectivity index (χ1) is 10.6. The van der Waals surface area contributed by atoms with E-state index in [4.69, 9.17) is 0 Å². The molecule has 0 bridgehead atoms. The zero-order valence-electron chi connectivity index (χ0n) is 14.0. The summed E-state index contributed by atoms with van der Waals surface area (Å²) in [5.41, 5.74) is 4.52. The summed E-state index contributed by atoms with van der Waals surface area (Å²) in [5.74, 6) is 1.52. The average Bonchev–Trinajstić information content (AvgIpc) is 2.47. The van der Waals surface area contributed by atoms with Gasteiger partial charge < -0.3 is 10.6 Å². The maximum Gasteiger partial charge on any atom is 0.229 e. The van der Waals surface area contributed by atoms with E-state index in [0.717, 1.165) is 23.7 Å². The monoisotopic (exact) mass is 298 g/mol. The largest absolute Gasteiger partial charge is 0.370 e. The third-order valence-electron chi connectivity index (χ3n) is 3.70. The van der Waals surface area contributed by atoms with Gasteiger partial charge in [0.1, 0.15) is 5.82 Å². The van der Waals surface area contributed by atoms with Crippen molar-refractivity contribution in [3.8, 4) is 0 Å². The summed E-state index contributed by atoms with van der Waals surface area (Å²) in [4.78, 5) is 9.01. The van der Waals surface area contributed by atoms with Crippen LogP contribution in [0.15, 0.2) is 24.3 Å². The summed E-state index contributed by atoms with van der Waals surface area (Å²) in [5, 5.41) is 6.67. The van der Waals surface area contributed by atoms with E-state index >= 15 is 0 Å². The molecule has 0 aliphatic carbocycles. The smallest absolute Gasteiger partial charge is 0.229 e. The number of nitrogens with zero attached hydrogens (tertiary/aromatic N) is 2.